The molecule has 26 heavy (non-hydrogen) atoms. The number of methoxy groups -OCH3 is 1. The Hall–Kier alpha value is -2.54. The first-order chi connectivity index (χ1) is 12.1. The minimum absolute atomic E-state index is 0.124. The summed E-state index contributed by atoms with van der Waals surface area (Å²) in [6.07, 6.45) is 0. The Bertz CT molecular complexity index is 841. The van der Waals surface area contributed by atoms with Gasteiger partial charge in [0.1, 0.15) is 12.3 Å². The summed E-state index contributed by atoms with van der Waals surface area (Å²) >= 11 is 0. The Morgan fingerprint density at radius 3 is 2.12 bits per heavy atom. The number of hydrogen-bond acceptors (Lipinski definition) is 4. The van der Waals surface area contributed by atoms with Gasteiger partial charge in [0.05, 0.1) is 17.7 Å². The maximum absolute atomic E-state index is 13.1. The van der Waals surface area contributed by atoms with Crippen LogP contribution in [0.15, 0.2) is 59.5 Å². The van der Waals surface area contributed by atoms with Crippen molar-refractivity contribution in [3.8, 4) is 5.75 Å². The lowest BCUT2D eigenvalue weighted by Crippen LogP contribution is -2.47. The summed E-state index contributed by atoms with van der Waals surface area (Å²) in [5.74, 6) is 0.220. The van der Waals surface area contributed by atoms with Gasteiger partial charge in [-0.2, -0.15) is 0 Å². The highest BCUT2D eigenvalue weighted by atomic mass is 32.2. The molecule has 0 fully saturated rings. The summed E-state index contributed by atoms with van der Waals surface area (Å²) < 4.78 is 32.4. The molecule has 7 heteroatoms. The topological polar surface area (TPSA) is 75.7 Å². The zero-order chi connectivity index (χ0) is 19.4. The molecule has 2 aromatic carbocycles. The molecule has 6 nitrogen and oxygen atoms in total. The van der Waals surface area contributed by atoms with Crippen molar-refractivity contribution in [3.63, 3.8) is 0 Å². The third-order valence-electron chi connectivity index (χ3n) is 3.49. The Kier molecular flexibility index (Phi) is 5.92. The van der Waals surface area contributed by atoms with Crippen LogP contribution in [0.3, 0.4) is 0 Å². The van der Waals surface area contributed by atoms with E-state index in [9.17, 15) is 13.2 Å². The average Bonchev–Trinajstić information content (AvgIpc) is 2.59. The smallest absolute Gasteiger partial charge is 0.264 e. The van der Waals surface area contributed by atoms with E-state index in [0.717, 1.165) is 4.31 Å². The molecule has 1 N–H and O–H groups in total. The molecule has 0 unspecified atom stereocenters. The SMILES string of the molecule is COc1ccc(N(CC(=O)NC(C)(C)C)S(=O)(=O)c2ccccc2)cc1. The van der Waals surface area contributed by atoms with E-state index in [1.54, 1.807) is 42.5 Å². The summed E-state index contributed by atoms with van der Waals surface area (Å²) in [7, 11) is -2.36. The third-order valence-corrected chi connectivity index (χ3v) is 5.28. The Balaban J connectivity index is 2.42. The first-order valence-electron chi connectivity index (χ1n) is 8.16. The lowest BCUT2D eigenvalue weighted by Gasteiger charge is -2.27. The summed E-state index contributed by atoms with van der Waals surface area (Å²) in [6.45, 7) is 5.21. The van der Waals surface area contributed by atoms with Crippen molar-refractivity contribution in [1.29, 1.82) is 0 Å². The van der Waals surface area contributed by atoms with Gasteiger partial charge < -0.3 is 10.1 Å². The zero-order valence-corrected chi connectivity index (χ0v) is 16.2. The van der Waals surface area contributed by atoms with Gasteiger partial charge in [0, 0.05) is 5.54 Å². The van der Waals surface area contributed by atoms with Crippen LogP contribution in [0.25, 0.3) is 0 Å². The van der Waals surface area contributed by atoms with Gasteiger partial charge in [-0.25, -0.2) is 8.42 Å². The molecule has 0 aromatic heterocycles. The van der Waals surface area contributed by atoms with Crippen LogP contribution in [0.4, 0.5) is 5.69 Å². The number of amides is 1. The van der Waals surface area contributed by atoms with Crippen LogP contribution in [0.2, 0.25) is 0 Å². The standard InChI is InChI=1S/C19H24N2O4S/c1-19(2,3)20-18(22)14-21(15-10-12-16(25-4)13-11-15)26(23,24)17-8-6-5-7-9-17/h5-13H,14H2,1-4H3,(H,20,22). The number of benzene rings is 2. The second-order valence-electron chi connectivity index (χ2n) is 6.82. The van der Waals surface area contributed by atoms with Gasteiger partial charge in [-0.05, 0) is 57.2 Å². The van der Waals surface area contributed by atoms with Gasteiger partial charge in [-0.3, -0.25) is 9.10 Å². The lowest BCUT2D eigenvalue weighted by molar-refractivity contribution is -0.121. The number of nitrogens with one attached hydrogen (secondary N) is 1. The second-order valence-corrected chi connectivity index (χ2v) is 8.68. The molecule has 2 aromatic rings. The fourth-order valence-electron chi connectivity index (χ4n) is 2.37. The number of carbonyl (C=O) groups is 1. The second kappa shape index (κ2) is 7.78. The van der Waals surface area contributed by atoms with E-state index in [-0.39, 0.29) is 17.3 Å². The fraction of sp³-hybridized carbons (Fsp3) is 0.316. The number of ether oxygens (including phenoxy) is 1. The van der Waals surface area contributed by atoms with Crippen molar-refractivity contribution in [2.75, 3.05) is 18.0 Å². The molecular formula is C19H24N2O4S. The minimum Gasteiger partial charge on any atom is -0.497 e. The highest BCUT2D eigenvalue weighted by Gasteiger charge is 2.28. The van der Waals surface area contributed by atoms with Crippen molar-refractivity contribution in [2.24, 2.45) is 0 Å². The van der Waals surface area contributed by atoms with Gasteiger partial charge in [0.25, 0.3) is 10.0 Å². The summed E-state index contributed by atoms with van der Waals surface area (Å²) in [6, 6.07) is 14.6. The molecule has 0 spiro atoms. The van der Waals surface area contributed by atoms with Gasteiger partial charge in [-0.1, -0.05) is 18.2 Å². The van der Waals surface area contributed by atoms with E-state index in [1.807, 2.05) is 20.8 Å². The van der Waals surface area contributed by atoms with E-state index < -0.39 is 15.6 Å². The molecule has 0 aliphatic heterocycles. The maximum Gasteiger partial charge on any atom is 0.264 e. The molecule has 0 saturated carbocycles. The van der Waals surface area contributed by atoms with Gasteiger partial charge in [-0.15, -0.1) is 0 Å². The van der Waals surface area contributed by atoms with Gasteiger partial charge in [0.2, 0.25) is 5.91 Å². The Morgan fingerprint density at radius 1 is 1.04 bits per heavy atom. The number of nitrogens with zero attached hydrogens (tertiary/aromatic N) is 1. The van der Waals surface area contributed by atoms with E-state index in [2.05, 4.69) is 5.32 Å². The van der Waals surface area contributed by atoms with Crippen LogP contribution < -0.4 is 14.4 Å². The minimum atomic E-state index is -3.89. The first kappa shape index (κ1) is 19.8. The Morgan fingerprint density at radius 2 is 1.62 bits per heavy atom. The Labute approximate surface area is 154 Å². The van der Waals surface area contributed by atoms with Gasteiger partial charge >= 0.3 is 0 Å². The predicted molar refractivity (Wildman–Crippen MR) is 102 cm³/mol. The molecule has 0 aliphatic rings. The molecule has 2 rings (SSSR count). The van der Waals surface area contributed by atoms with E-state index in [1.165, 1.54) is 19.2 Å². The molecule has 0 saturated heterocycles. The fourth-order valence-corrected chi connectivity index (χ4v) is 3.81. The third kappa shape index (κ3) is 4.98. The van der Waals surface area contributed by atoms with E-state index in [4.69, 9.17) is 4.74 Å². The van der Waals surface area contributed by atoms with Crippen molar-refractivity contribution in [3.05, 3.63) is 54.6 Å². The highest BCUT2D eigenvalue weighted by molar-refractivity contribution is 7.92. The molecule has 0 atom stereocenters. The monoisotopic (exact) mass is 376 g/mol. The number of hydrogen-bond donors (Lipinski definition) is 1. The average molecular weight is 376 g/mol. The van der Waals surface area contributed by atoms with Crippen LogP contribution in [-0.4, -0.2) is 33.5 Å². The van der Waals surface area contributed by atoms with Crippen LogP contribution in [0.1, 0.15) is 20.8 Å². The zero-order valence-electron chi connectivity index (χ0n) is 15.4. The normalized spacial score (nSPS) is 11.7. The van der Waals surface area contributed by atoms with Crippen molar-refractivity contribution < 1.29 is 17.9 Å². The lowest BCUT2D eigenvalue weighted by atomic mass is 10.1. The number of rotatable bonds is 6. The summed E-state index contributed by atoms with van der Waals surface area (Å²) in [4.78, 5) is 12.5. The molecule has 0 bridgehead atoms. The van der Waals surface area contributed by atoms with Crippen LogP contribution >= 0.6 is 0 Å². The van der Waals surface area contributed by atoms with Crippen molar-refractivity contribution >= 4 is 21.6 Å². The number of sulfonamides is 1. The van der Waals surface area contributed by atoms with Crippen LogP contribution in [-0.2, 0) is 14.8 Å². The molecule has 140 valence electrons. The molecule has 0 radical (unpaired) electrons. The van der Waals surface area contributed by atoms with Gasteiger partial charge in [0.15, 0.2) is 0 Å². The predicted octanol–water partition coefficient (Wildman–Crippen LogP) is 2.81. The van der Waals surface area contributed by atoms with Crippen molar-refractivity contribution in [2.45, 2.75) is 31.2 Å². The highest BCUT2D eigenvalue weighted by Crippen LogP contribution is 2.25. The van der Waals surface area contributed by atoms with Crippen LogP contribution in [0, 0.1) is 0 Å². The quantitative estimate of drug-likeness (QED) is 0.841. The summed E-state index contributed by atoms with van der Waals surface area (Å²) in [5, 5.41) is 2.80. The first-order valence-corrected chi connectivity index (χ1v) is 9.60. The number of carbonyl (C=O) groups excluding carboxylic acids is 1. The number of anilines is 1. The van der Waals surface area contributed by atoms with E-state index in [0.29, 0.717) is 11.4 Å². The van der Waals surface area contributed by atoms with E-state index >= 15 is 0 Å². The molecular weight excluding hydrogens is 352 g/mol. The van der Waals surface area contributed by atoms with Crippen molar-refractivity contribution in [1.82, 2.24) is 5.32 Å². The van der Waals surface area contributed by atoms with Crippen LogP contribution in [0.5, 0.6) is 5.75 Å². The largest absolute Gasteiger partial charge is 0.497 e. The maximum atomic E-state index is 13.1. The molecule has 0 aliphatic carbocycles. The molecule has 0 heterocycles. The molecule has 1 amide bonds. The summed E-state index contributed by atoms with van der Waals surface area (Å²) in [5.41, 5.74) is -0.0715.